The topological polar surface area (TPSA) is 37.8 Å². The fourth-order valence-corrected chi connectivity index (χ4v) is 1.99. The van der Waals surface area contributed by atoms with E-state index in [1.807, 2.05) is 6.26 Å². The lowest BCUT2D eigenvalue weighted by Crippen LogP contribution is -2.27. The van der Waals surface area contributed by atoms with Crippen molar-refractivity contribution in [1.82, 2.24) is 9.97 Å². The third-order valence-corrected chi connectivity index (χ3v) is 2.93. The Morgan fingerprint density at radius 1 is 1.43 bits per heavy atom. The number of aromatic nitrogens is 2. The summed E-state index contributed by atoms with van der Waals surface area (Å²) < 4.78 is 0.935. The zero-order valence-electron chi connectivity index (χ0n) is 8.76. The van der Waals surface area contributed by atoms with Gasteiger partial charge >= 0.3 is 0 Å². The summed E-state index contributed by atoms with van der Waals surface area (Å²) in [5.41, 5.74) is -0.0104. The highest BCUT2D eigenvalue weighted by Gasteiger charge is 2.12. The summed E-state index contributed by atoms with van der Waals surface area (Å²) in [4.78, 5) is 8.56. The zero-order valence-corrected chi connectivity index (χ0v) is 11.2. The van der Waals surface area contributed by atoms with Gasteiger partial charge in [0.15, 0.2) is 0 Å². The van der Waals surface area contributed by atoms with Gasteiger partial charge < -0.3 is 5.32 Å². The summed E-state index contributed by atoms with van der Waals surface area (Å²) in [6.07, 6.45) is 3.76. The molecule has 1 rings (SSSR count). The monoisotopic (exact) mass is 275 g/mol. The molecule has 0 amide bonds. The van der Waals surface area contributed by atoms with Crippen molar-refractivity contribution in [3.8, 4) is 0 Å². The van der Waals surface area contributed by atoms with Crippen molar-refractivity contribution in [1.29, 1.82) is 0 Å². The molecule has 0 bridgehead atoms. The third kappa shape index (κ3) is 3.46. The molecule has 1 heterocycles. The SMILES string of the molecule is CSc1nc(NC(C)(C)C)ncc1Br. The highest BCUT2D eigenvalue weighted by atomic mass is 79.9. The summed E-state index contributed by atoms with van der Waals surface area (Å²) in [7, 11) is 0. The van der Waals surface area contributed by atoms with Crippen LogP contribution in [0.2, 0.25) is 0 Å². The third-order valence-electron chi connectivity index (χ3n) is 1.39. The predicted molar refractivity (Wildman–Crippen MR) is 64.9 cm³/mol. The van der Waals surface area contributed by atoms with Crippen molar-refractivity contribution in [2.24, 2.45) is 0 Å². The number of hydrogen-bond donors (Lipinski definition) is 1. The van der Waals surface area contributed by atoms with Crippen LogP contribution in [-0.4, -0.2) is 21.8 Å². The van der Waals surface area contributed by atoms with E-state index < -0.39 is 0 Å². The number of anilines is 1. The Bertz CT molecular complexity index is 322. The summed E-state index contributed by atoms with van der Waals surface area (Å²) in [5, 5.41) is 4.18. The smallest absolute Gasteiger partial charge is 0.224 e. The van der Waals surface area contributed by atoms with E-state index >= 15 is 0 Å². The summed E-state index contributed by atoms with van der Waals surface area (Å²) in [5.74, 6) is 0.671. The Labute approximate surface area is 97.2 Å². The molecule has 0 saturated heterocycles. The summed E-state index contributed by atoms with van der Waals surface area (Å²) in [6, 6.07) is 0. The van der Waals surface area contributed by atoms with Crippen molar-refractivity contribution in [2.45, 2.75) is 31.3 Å². The van der Waals surface area contributed by atoms with Gasteiger partial charge in [-0.2, -0.15) is 0 Å². The van der Waals surface area contributed by atoms with Crippen molar-refractivity contribution >= 4 is 33.6 Å². The molecular weight excluding hydrogens is 262 g/mol. The Balaban J connectivity index is 2.90. The number of nitrogens with zero attached hydrogens (tertiary/aromatic N) is 2. The summed E-state index contributed by atoms with van der Waals surface area (Å²) >= 11 is 4.99. The number of hydrogen-bond acceptors (Lipinski definition) is 4. The second-order valence-electron chi connectivity index (χ2n) is 3.93. The normalized spacial score (nSPS) is 11.5. The van der Waals surface area contributed by atoms with Crippen LogP contribution in [0.4, 0.5) is 5.95 Å². The van der Waals surface area contributed by atoms with E-state index in [2.05, 4.69) is 52.0 Å². The van der Waals surface area contributed by atoms with Crippen molar-refractivity contribution < 1.29 is 0 Å². The predicted octanol–water partition coefficient (Wildman–Crippen LogP) is 3.17. The van der Waals surface area contributed by atoms with Gasteiger partial charge in [-0.05, 0) is 43.0 Å². The molecule has 0 unspecified atom stereocenters. The van der Waals surface area contributed by atoms with E-state index in [0.29, 0.717) is 5.95 Å². The fraction of sp³-hybridized carbons (Fsp3) is 0.556. The molecule has 1 aromatic heterocycles. The van der Waals surface area contributed by atoms with Gasteiger partial charge in [-0.3, -0.25) is 0 Å². The quantitative estimate of drug-likeness (QED) is 0.665. The van der Waals surface area contributed by atoms with E-state index in [9.17, 15) is 0 Å². The fourth-order valence-electron chi connectivity index (χ4n) is 0.890. The van der Waals surface area contributed by atoms with Gasteiger partial charge in [0.2, 0.25) is 5.95 Å². The minimum atomic E-state index is -0.0104. The second kappa shape index (κ2) is 4.49. The van der Waals surface area contributed by atoms with Crippen LogP contribution in [-0.2, 0) is 0 Å². The average molecular weight is 276 g/mol. The molecular formula is C9H14BrN3S. The van der Waals surface area contributed by atoms with Crippen molar-refractivity contribution in [2.75, 3.05) is 11.6 Å². The van der Waals surface area contributed by atoms with Crippen LogP contribution >= 0.6 is 27.7 Å². The van der Waals surface area contributed by atoms with Gasteiger partial charge in [-0.15, -0.1) is 11.8 Å². The van der Waals surface area contributed by atoms with Crippen LogP contribution < -0.4 is 5.32 Å². The molecule has 0 aliphatic heterocycles. The molecule has 1 N–H and O–H groups in total. The van der Waals surface area contributed by atoms with Crippen LogP contribution in [0.1, 0.15) is 20.8 Å². The lowest BCUT2D eigenvalue weighted by Gasteiger charge is -2.20. The minimum Gasteiger partial charge on any atom is -0.350 e. The first-order chi connectivity index (χ1) is 6.42. The largest absolute Gasteiger partial charge is 0.350 e. The number of thioether (sulfide) groups is 1. The maximum Gasteiger partial charge on any atom is 0.224 e. The first kappa shape index (κ1) is 11.8. The molecule has 3 nitrogen and oxygen atoms in total. The Morgan fingerprint density at radius 2 is 2.07 bits per heavy atom. The zero-order chi connectivity index (χ0) is 10.8. The first-order valence-electron chi connectivity index (χ1n) is 4.27. The van der Waals surface area contributed by atoms with Crippen LogP contribution in [0.3, 0.4) is 0 Å². The minimum absolute atomic E-state index is 0.0104. The average Bonchev–Trinajstić information content (AvgIpc) is 2.06. The van der Waals surface area contributed by atoms with Crippen LogP contribution in [0.5, 0.6) is 0 Å². The molecule has 0 aliphatic rings. The molecule has 5 heteroatoms. The Kier molecular flexibility index (Phi) is 3.78. The molecule has 14 heavy (non-hydrogen) atoms. The Hall–Kier alpha value is -0.290. The highest BCUT2D eigenvalue weighted by Crippen LogP contribution is 2.24. The molecule has 1 aromatic rings. The lowest BCUT2D eigenvalue weighted by molar-refractivity contribution is 0.624. The molecule has 78 valence electrons. The van der Waals surface area contributed by atoms with Gasteiger partial charge in [0.05, 0.1) is 4.47 Å². The standard InChI is InChI=1S/C9H14BrN3S/c1-9(2,3)13-8-11-5-6(10)7(12-8)14-4/h5H,1-4H3,(H,11,12,13). The van der Waals surface area contributed by atoms with E-state index in [-0.39, 0.29) is 5.54 Å². The van der Waals surface area contributed by atoms with Crippen LogP contribution in [0.25, 0.3) is 0 Å². The highest BCUT2D eigenvalue weighted by molar-refractivity contribution is 9.10. The van der Waals surface area contributed by atoms with Crippen LogP contribution in [0, 0.1) is 0 Å². The van der Waals surface area contributed by atoms with E-state index in [4.69, 9.17) is 0 Å². The van der Waals surface area contributed by atoms with Gasteiger partial charge in [0.25, 0.3) is 0 Å². The number of nitrogens with one attached hydrogen (secondary N) is 1. The second-order valence-corrected chi connectivity index (χ2v) is 5.58. The molecule has 0 fully saturated rings. The lowest BCUT2D eigenvalue weighted by atomic mass is 10.1. The molecule has 0 aromatic carbocycles. The van der Waals surface area contributed by atoms with Gasteiger partial charge in [0, 0.05) is 11.7 Å². The molecule has 0 aliphatic carbocycles. The maximum absolute atomic E-state index is 4.37. The van der Waals surface area contributed by atoms with Gasteiger partial charge in [0.1, 0.15) is 5.03 Å². The number of halogens is 1. The molecule has 0 spiro atoms. The van der Waals surface area contributed by atoms with E-state index in [1.165, 1.54) is 0 Å². The van der Waals surface area contributed by atoms with Gasteiger partial charge in [-0.25, -0.2) is 9.97 Å². The maximum atomic E-state index is 4.37. The summed E-state index contributed by atoms with van der Waals surface area (Å²) in [6.45, 7) is 6.24. The number of rotatable bonds is 2. The van der Waals surface area contributed by atoms with E-state index in [0.717, 1.165) is 9.50 Å². The van der Waals surface area contributed by atoms with Crippen molar-refractivity contribution in [3.63, 3.8) is 0 Å². The van der Waals surface area contributed by atoms with Crippen LogP contribution in [0.15, 0.2) is 15.7 Å². The molecule has 0 atom stereocenters. The Morgan fingerprint density at radius 3 is 2.57 bits per heavy atom. The van der Waals surface area contributed by atoms with Crippen molar-refractivity contribution in [3.05, 3.63) is 10.7 Å². The van der Waals surface area contributed by atoms with Gasteiger partial charge in [-0.1, -0.05) is 0 Å². The molecule has 0 saturated carbocycles. The molecule has 0 radical (unpaired) electrons. The van der Waals surface area contributed by atoms with E-state index in [1.54, 1.807) is 18.0 Å². The first-order valence-corrected chi connectivity index (χ1v) is 6.29.